The minimum Gasteiger partial charge on any atom is -0.229 e. The summed E-state index contributed by atoms with van der Waals surface area (Å²) in [4.78, 5) is 0. The monoisotopic (exact) mass is 312 g/mol. The van der Waals surface area contributed by atoms with E-state index < -0.39 is 9.84 Å². The molecule has 2 fully saturated rings. The highest BCUT2D eigenvalue weighted by atomic mass is 35.5. The van der Waals surface area contributed by atoms with Crippen LogP contribution < -0.4 is 0 Å². The molecule has 20 heavy (non-hydrogen) atoms. The largest absolute Gasteiger partial charge is 0.229 e. The second kappa shape index (κ2) is 5.69. The molecule has 1 aliphatic carbocycles. The molecule has 1 aromatic carbocycles. The fourth-order valence-corrected chi connectivity index (χ4v) is 6.18. The Morgan fingerprint density at radius 1 is 1.05 bits per heavy atom. The summed E-state index contributed by atoms with van der Waals surface area (Å²) in [5, 5.41) is 0.147. The van der Waals surface area contributed by atoms with Crippen molar-refractivity contribution in [3.05, 3.63) is 35.9 Å². The molecule has 0 amide bonds. The summed E-state index contributed by atoms with van der Waals surface area (Å²) in [5.41, 5.74) is 1.38. The van der Waals surface area contributed by atoms with E-state index in [1.807, 2.05) is 6.07 Å². The third kappa shape index (κ3) is 3.04. The van der Waals surface area contributed by atoms with Crippen molar-refractivity contribution in [3.63, 3.8) is 0 Å². The Labute approximate surface area is 126 Å². The van der Waals surface area contributed by atoms with Crippen molar-refractivity contribution in [2.45, 2.75) is 37.0 Å². The van der Waals surface area contributed by atoms with E-state index in [1.165, 1.54) is 5.56 Å². The van der Waals surface area contributed by atoms with Gasteiger partial charge in [0, 0.05) is 5.38 Å². The Bertz CT molecular complexity index is 555. The molecule has 1 aliphatic heterocycles. The van der Waals surface area contributed by atoms with Gasteiger partial charge in [-0.1, -0.05) is 30.3 Å². The Balaban J connectivity index is 1.74. The van der Waals surface area contributed by atoms with Crippen LogP contribution in [-0.4, -0.2) is 25.3 Å². The molecule has 2 aliphatic rings. The number of halogens is 1. The first-order valence-corrected chi connectivity index (χ1v) is 9.70. The van der Waals surface area contributed by atoms with Crippen molar-refractivity contribution >= 4 is 21.4 Å². The third-order valence-electron chi connectivity index (χ3n) is 4.96. The highest BCUT2D eigenvalue weighted by molar-refractivity contribution is 7.91. The predicted molar refractivity (Wildman–Crippen MR) is 82.9 cm³/mol. The zero-order valence-corrected chi connectivity index (χ0v) is 13.1. The van der Waals surface area contributed by atoms with Crippen molar-refractivity contribution in [2.75, 3.05) is 11.5 Å². The number of benzene rings is 1. The molecule has 110 valence electrons. The van der Waals surface area contributed by atoms with Gasteiger partial charge in [-0.25, -0.2) is 8.42 Å². The van der Waals surface area contributed by atoms with Crippen molar-refractivity contribution in [1.82, 2.24) is 0 Å². The zero-order valence-electron chi connectivity index (χ0n) is 11.5. The molecular weight excluding hydrogens is 292 g/mol. The van der Waals surface area contributed by atoms with E-state index in [0.29, 0.717) is 23.3 Å². The average molecular weight is 313 g/mol. The van der Waals surface area contributed by atoms with E-state index in [2.05, 4.69) is 24.3 Å². The van der Waals surface area contributed by atoms with E-state index in [-0.39, 0.29) is 11.3 Å². The molecule has 1 saturated carbocycles. The molecule has 4 atom stereocenters. The first-order chi connectivity index (χ1) is 9.55. The van der Waals surface area contributed by atoms with Crippen LogP contribution in [-0.2, 0) is 9.84 Å². The van der Waals surface area contributed by atoms with Gasteiger partial charge in [-0.3, -0.25) is 0 Å². The summed E-state index contributed by atoms with van der Waals surface area (Å²) in [6.45, 7) is 0. The molecule has 0 aromatic heterocycles. The molecule has 0 spiro atoms. The SMILES string of the molecule is O=S1(=O)CCC(C2CC(c3ccccc3)CCC2Cl)C1. The van der Waals surface area contributed by atoms with Crippen LogP contribution in [0.1, 0.15) is 37.2 Å². The number of hydrogen-bond acceptors (Lipinski definition) is 2. The second-order valence-corrected chi connectivity index (χ2v) is 9.05. The molecule has 3 rings (SSSR count). The van der Waals surface area contributed by atoms with Crippen LogP contribution in [0.5, 0.6) is 0 Å². The van der Waals surface area contributed by atoms with Crippen LogP contribution in [0.25, 0.3) is 0 Å². The zero-order chi connectivity index (χ0) is 14.2. The molecule has 1 aromatic rings. The Kier molecular flexibility index (Phi) is 4.09. The van der Waals surface area contributed by atoms with E-state index in [1.54, 1.807) is 0 Å². The standard InChI is InChI=1S/C16H21ClO2S/c17-16-7-6-13(12-4-2-1-3-5-12)10-15(16)14-8-9-20(18,19)11-14/h1-5,13-16H,6-11H2. The quantitative estimate of drug-likeness (QED) is 0.782. The summed E-state index contributed by atoms with van der Waals surface area (Å²) in [6, 6.07) is 10.6. The van der Waals surface area contributed by atoms with Crippen LogP contribution in [0.4, 0.5) is 0 Å². The molecule has 1 heterocycles. The molecule has 1 saturated heterocycles. The van der Waals surface area contributed by atoms with Gasteiger partial charge in [0.25, 0.3) is 0 Å². The van der Waals surface area contributed by atoms with Crippen LogP contribution in [0.3, 0.4) is 0 Å². The molecule has 4 unspecified atom stereocenters. The predicted octanol–water partition coefficient (Wildman–Crippen LogP) is 3.61. The van der Waals surface area contributed by atoms with Crippen LogP contribution in [0, 0.1) is 11.8 Å². The molecular formula is C16H21ClO2S. The number of alkyl halides is 1. The van der Waals surface area contributed by atoms with Crippen LogP contribution in [0.15, 0.2) is 30.3 Å². The third-order valence-corrected chi connectivity index (χ3v) is 7.29. The lowest BCUT2D eigenvalue weighted by molar-refractivity contribution is 0.250. The maximum atomic E-state index is 11.7. The number of sulfone groups is 1. The minimum absolute atomic E-state index is 0.147. The second-order valence-electron chi connectivity index (χ2n) is 6.26. The van der Waals surface area contributed by atoms with Crippen molar-refractivity contribution in [3.8, 4) is 0 Å². The van der Waals surface area contributed by atoms with Crippen molar-refractivity contribution < 1.29 is 8.42 Å². The highest BCUT2D eigenvalue weighted by Crippen LogP contribution is 2.44. The van der Waals surface area contributed by atoms with Gasteiger partial charge < -0.3 is 0 Å². The van der Waals surface area contributed by atoms with Gasteiger partial charge in [-0.15, -0.1) is 11.6 Å². The maximum Gasteiger partial charge on any atom is 0.150 e. The lowest BCUT2D eigenvalue weighted by Gasteiger charge is -2.36. The summed E-state index contributed by atoms with van der Waals surface area (Å²) in [7, 11) is -2.81. The Morgan fingerprint density at radius 3 is 2.45 bits per heavy atom. The van der Waals surface area contributed by atoms with E-state index in [9.17, 15) is 8.42 Å². The Morgan fingerprint density at radius 2 is 1.80 bits per heavy atom. The molecule has 4 heteroatoms. The van der Waals surface area contributed by atoms with Gasteiger partial charge in [-0.2, -0.15) is 0 Å². The van der Waals surface area contributed by atoms with E-state index in [0.717, 1.165) is 25.7 Å². The number of hydrogen-bond donors (Lipinski definition) is 0. The van der Waals surface area contributed by atoms with Gasteiger partial charge in [0.1, 0.15) is 0 Å². The summed E-state index contributed by atoms with van der Waals surface area (Å²) >= 11 is 6.51. The fourth-order valence-electron chi connectivity index (χ4n) is 3.85. The molecule has 0 bridgehead atoms. The molecule has 0 N–H and O–H groups in total. The van der Waals surface area contributed by atoms with Crippen LogP contribution >= 0.6 is 11.6 Å². The van der Waals surface area contributed by atoms with Gasteiger partial charge in [0.2, 0.25) is 0 Å². The summed E-state index contributed by atoms with van der Waals surface area (Å²) < 4.78 is 23.4. The van der Waals surface area contributed by atoms with Gasteiger partial charge in [-0.05, 0) is 49.0 Å². The van der Waals surface area contributed by atoms with Crippen molar-refractivity contribution in [2.24, 2.45) is 11.8 Å². The topological polar surface area (TPSA) is 34.1 Å². The molecule has 2 nitrogen and oxygen atoms in total. The highest BCUT2D eigenvalue weighted by Gasteiger charge is 2.40. The lowest BCUT2D eigenvalue weighted by Crippen LogP contribution is -2.31. The fraction of sp³-hybridized carbons (Fsp3) is 0.625. The van der Waals surface area contributed by atoms with Crippen molar-refractivity contribution in [1.29, 1.82) is 0 Å². The Hall–Kier alpha value is -0.540. The summed E-state index contributed by atoms with van der Waals surface area (Å²) in [5.74, 6) is 1.87. The maximum absolute atomic E-state index is 11.7. The molecule has 0 radical (unpaired) electrons. The minimum atomic E-state index is -2.81. The average Bonchev–Trinajstić information content (AvgIpc) is 2.80. The van der Waals surface area contributed by atoms with Gasteiger partial charge in [0.05, 0.1) is 11.5 Å². The lowest BCUT2D eigenvalue weighted by atomic mass is 9.72. The summed E-state index contributed by atoms with van der Waals surface area (Å²) in [6.07, 6.45) is 3.96. The first kappa shape index (κ1) is 14.4. The van der Waals surface area contributed by atoms with E-state index in [4.69, 9.17) is 11.6 Å². The van der Waals surface area contributed by atoms with E-state index >= 15 is 0 Å². The van der Waals surface area contributed by atoms with Gasteiger partial charge in [0.15, 0.2) is 9.84 Å². The normalized spacial score (nSPS) is 36.9. The first-order valence-electron chi connectivity index (χ1n) is 7.44. The smallest absolute Gasteiger partial charge is 0.150 e. The number of rotatable bonds is 2. The van der Waals surface area contributed by atoms with Gasteiger partial charge >= 0.3 is 0 Å². The van der Waals surface area contributed by atoms with Crippen LogP contribution in [0.2, 0.25) is 0 Å².